The van der Waals surface area contributed by atoms with Crippen LogP contribution in [0.4, 0.5) is 10.1 Å². The summed E-state index contributed by atoms with van der Waals surface area (Å²) in [4.78, 5) is 0. The highest BCUT2D eigenvalue weighted by Gasteiger charge is 2.08. The van der Waals surface area contributed by atoms with Gasteiger partial charge in [0.15, 0.2) is 0 Å². The van der Waals surface area contributed by atoms with Crippen LogP contribution in [-0.4, -0.2) is 6.54 Å². The average Bonchev–Trinajstić information content (AvgIpc) is 2.38. The van der Waals surface area contributed by atoms with E-state index in [1.54, 1.807) is 12.1 Å². The van der Waals surface area contributed by atoms with E-state index in [9.17, 15) is 4.39 Å². The molecule has 0 aliphatic rings. The first kappa shape index (κ1) is 11.6. The van der Waals surface area contributed by atoms with Crippen molar-refractivity contribution in [3.05, 3.63) is 66.0 Å². The predicted octanol–water partition coefficient (Wildman–Crippen LogP) is 2.94. The van der Waals surface area contributed by atoms with Crippen molar-refractivity contribution in [1.82, 2.24) is 0 Å². The molecule has 0 heterocycles. The summed E-state index contributed by atoms with van der Waals surface area (Å²) in [5.74, 6) is -0.232. The Balaban J connectivity index is 2.14. The Morgan fingerprint density at radius 1 is 1.00 bits per heavy atom. The van der Waals surface area contributed by atoms with E-state index < -0.39 is 0 Å². The van der Waals surface area contributed by atoms with Gasteiger partial charge in [0.2, 0.25) is 0 Å². The first-order valence-corrected chi connectivity index (χ1v) is 5.56. The lowest BCUT2D eigenvalue weighted by Crippen LogP contribution is -2.20. The molecule has 0 saturated heterocycles. The molecule has 0 aromatic heterocycles. The zero-order valence-corrected chi connectivity index (χ0v) is 9.44. The molecular formula is C14H15FN2. The quantitative estimate of drug-likeness (QED) is 0.847. The van der Waals surface area contributed by atoms with E-state index in [2.05, 4.69) is 5.32 Å². The van der Waals surface area contributed by atoms with Crippen LogP contribution in [0.2, 0.25) is 0 Å². The zero-order valence-electron chi connectivity index (χ0n) is 9.44. The van der Waals surface area contributed by atoms with Crippen molar-refractivity contribution in [1.29, 1.82) is 0 Å². The zero-order chi connectivity index (χ0) is 12.1. The Labute approximate surface area is 100 Å². The van der Waals surface area contributed by atoms with Gasteiger partial charge in [-0.2, -0.15) is 0 Å². The van der Waals surface area contributed by atoms with Crippen LogP contribution in [0, 0.1) is 5.82 Å². The fourth-order valence-electron chi connectivity index (χ4n) is 1.71. The number of benzene rings is 2. The molecule has 0 saturated carbocycles. The minimum Gasteiger partial charge on any atom is -0.377 e. The summed E-state index contributed by atoms with van der Waals surface area (Å²) in [5.41, 5.74) is 7.73. The van der Waals surface area contributed by atoms with Crippen LogP contribution < -0.4 is 11.1 Å². The van der Waals surface area contributed by atoms with Gasteiger partial charge in [-0.1, -0.05) is 30.3 Å². The van der Waals surface area contributed by atoms with Crippen molar-refractivity contribution in [3.8, 4) is 0 Å². The van der Waals surface area contributed by atoms with Gasteiger partial charge in [-0.3, -0.25) is 0 Å². The van der Waals surface area contributed by atoms with E-state index in [0.717, 1.165) is 11.3 Å². The van der Waals surface area contributed by atoms with Gasteiger partial charge in [0.05, 0.1) is 6.04 Å². The lowest BCUT2D eigenvalue weighted by molar-refractivity contribution is 0.626. The maximum Gasteiger partial charge on any atom is 0.123 e. The third kappa shape index (κ3) is 3.04. The van der Waals surface area contributed by atoms with E-state index in [0.29, 0.717) is 6.54 Å². The molecule has 2 rings (SSSR count). The van der Waals surface area contributed by atoms with Gasteiger partial charge in [0.1, 0.15) is 5.82 Å². The fraction of sp³-hybridized carbons (Fsp3) is 0.143. The van der Waals surface area contributed by atoms with E-state index in [1.807, 2.05) is 30.3 Å². The summed E-state index contributed by atoms with van der Waals surface area (Å²) in [6.07, 6.45) is 0. The summed E-state index contributed by atoms with van der Waals surface area (Å²) in [7, 11) is 0. The van der Waals surface area contributed by atoms with Gasteiger partial charge in [0.25, 0.3) is 0 Å². The summed E-state index contributed by atoms with van der Waals surface area (Å²) < 4.78 is 12.8. The van der Waals surface area contributed by atoms with Crippen LogP contribution in [0.25, 0.3) is 0 Å². The summed E-state index contributed by atoms with van der Waals surface area (Å²) in [6, 6.07) is 16.2. The van der Waals surface area contributed by atoms with Crippen molar-refractivity contribution in [2.24, 2.45) is 5.73 Å². The number of halogens is 1. The second-order valence-corrected chi connectivity index (χ2v) is 3.85. The van der Waals surface area contributed by atoms with E-state index >= 15 is 0 Å². The van der Waals surface area contributed by atoms with Gasteiger partial charge < -0.3 is 11.1 Å². The van der Waals surface area contributed by atoms with Crippen molar-refractivity contribution < 1.29 is 4.39 Å². The van der Waals surface area contributed by atoms with Crippen molar-refractivity contribution in [2.45, 2.75) is 6.04 Å². The Bertz CT molecular complexity index is 453. The highest BCUT2D eigenvalue weighted by atomic mass is 19.1. The molecule has 1 unspecified atom stereocenters. The van der Waals surface area contributed by atoms with Crippen molar-refractivity contribution in [3.63, 3.8) is 0 Å². The maximum absolute atomic E-state index is 12.8. The SMILES string of the molecule is NCC(Nc1ccccc1)c1ccc(F)cc1. The highest BCUT2D eigenvalue weighted by Crippen LogP contribution is 2.18. The Morgan fingerprint density at radius 2 is 1.65 bits per heavy atom. The molecule has 0 aliphatic carbocycles. The Hall–Kier alpha value is -1.87. The van der Waals surface area contributed by atoms with Crippen molar-refractivity contribution >= 4 is 5.69 Å². The van der Waals surface area contributed by atoms with Crippen LogP contribution in [0.5, 0.6) is 0 Å². The lowest BCUT2D eigenvalue weighted by Gasteiger charge is -2.18. The molecule has 0 aliphatic heterocycles. The molecule has 2 aromatic carbocycles. The number of hydrogen-bond acceptors (Lipinski definition) is 2. The van der Waals surface area contributed by atoms with Gasteiger partial charge in [-0.15, -0.1) is 0 Å². The Kier molecular flexibility index (Phi) is 3.73. The smallest absolute Gasteiger partial charge is 0.123 e. The number of nitrogens with one attached hydrogen (secondary N) is 1. The topological polar surface area (TPSA) is 38.0 Å². The molecule has 0 radical (unpaired) electrons. The van der Waals surface area contributed by atoms with E-state index in [1.165, 1.54) is 12.1 Å². The van der Waals surface area contributed by atoms with Crippen molar-refractivity contribution in [2.75, 3.05) is 11.9 Å². The van der Waals surface area contributed by atoms with Crippen LogP contribution in [0.3, 0.4) is 0 Å². The van der Waals surface area contributed by atoms with Crippen LogP contribution >= 0.6 is 0 Å². The summed E-state index contributed by atoms with van der Waals surface area (Å²) >= 11 is 0. The number of para-hydroxylation sites is 1. The number of anilines is 1. The molecular weight excluding hydrogens is 215 g/mol. The largest absolute Gasteiger partial charge is 0.377 e. The third-order valence-electron chi connectivity index (χ3n) is 2.62. The van der Waals surface area contributed by atoms with Gasteiger partial charge in [0, 0.05) is 12.2 Å². The number of hydrogen-bond donors (Lipinski definition) is 2. The molecule has 0 amide bonds. The van der Waals surface area contributed by atoms with Gasteiger partial charge >= 0.3 is 0 Å². The predicted molar refractivity (Wildman–Crippen MR) is 68.3 cm³/mol. The number of rotatable bonds is 4. The minimum atomic E-state index is -0.232. The summed E-state index contributed by atoms with van der Waals surface area (Å²) in [6.45, 7) is 0.459. The molecule has 88 valence electrons. The molecule has 1 atom stereocenters. The maximum atomic E-state index is 12.8. The molecule has 3 N–H and O–H groups in total. The Morgan fingerprint density at radius 3 is 2.24 bits per heavy atom. The second kappa shape index (κ2) is 5.46. The first-order valence-electron chi connectivity index (χ1n) is 5.56. The number of nitrogens with two attached hydrogens (primary N) is 1. The van der Waals surface area contributed by atoms with Crippen LogP contribution in [-0.2, 0) is 0 Å². The first-order chi connectivity index (χ1) is 8.29. The minimum absolute atomic E-state index is 0.00185. The van der Waals surface area contributed by atoms with Crippen LogP contribution in [0.15, 0.2) is 54.6 Å². The van der Waals surface area contributed by atoms with Gasteiger partial charge in [-0.25, -0.2) is 4.39 Å². The lowest BCUT2D eigenvalue weighted by atomic mass is 10.1. The van der Waals surface area contributed by atoms with Gasteiger partial charge in [-0.05, 0) is 29.8 Å². The summed E-state index contributed by atoms with van der Waals surface area (Å²) in [5, 5.41) is 3.32. The highest BCUT2D eigenvalue weighted by molar-refractivity contribution is 5.45. The van der Waals surface area contributed by atoms with E-state index in [-0.39, 0.29) is 11.9 Å². The standard InChI is InChI=1S/C14H15FN2/c15-12-8-6-11(7-9-12)14(10-16)17-13-4-2-1-3-5-13/h1-9,14,17H,10,16H2. The molecule has 0 spiro atoms. The molecule has 2 aromatic rings. The van der Waals surface area contributed by atoms with Crippen LogP contribution in [0.1, 0.15) is 11.6 Å². The molecule has 0 fully saturated rings. The fourth-order valence-corrected chi connectivity index (χ4v) is 1.71. The third-order valence-corrected chi connectivity index (χ3v) is 2.62. The average molecular weight is 230 g/mol. The molecule has 2 nitrogen and oxygen atoms in total. The second-order valence-electron chi connectivity index (χ2n) is 3.85. The monoisotopic (exact) mass is 230 g/mol. The molecule has 17 heavy (non-hydrogen) atoms. The molecule has 0 bridgehead atoms. The van der Waals surface area contributed by atoms with E-state index in [4.69, 9.17) is 5.73 Å². The normalized spacial score (nSPS) is 12.1. The molecule has 3 heteroatoms.